The van der Waals surface area contributed by atoms with Crippen LogP contribution in [0.15, 0.2) is 30.5 Å². The van der Waals surface area contributed by atoms with Crippen LogP contribution < -0.4 is 0 Å². The van der Waals surface area contributed by atoms with E-state index in [9.17, 15) is 13.2 Å². The zero-order valence-corrected chi connectivity index (χ0v) is 13.7. The number of piperidine rings is 1. The van der Waals surface area contributed by atoms with E-state index in [0.717, 1.165) is 38.0 Å². The van der Waals surface area contributed by atoms with Gasteiger partial charge in [-0.3, -0.25) is 10.00 Å². The van der Waals surface area contributed by atoms with E-state index in [2.05, 4.69) is 22.0 Å². The third-order valence-electron chi connectivity index (χ3n) is 4.76. The molecule has 0 saturated carbocycles. The summed E-state index contributed by atoms with van der Waals surface area (Å²) in [5.41, 5.74) is 2.18. The summed E-state index contributed by atoms with van der Waals surface area (Å²) in [6.07, 6.45) is 0.505. The van der Waals surface area contributed by atoms with Gasteiger partial charge in [-0.15, -0.1) is 0 Å². The highest BCUT2D eigenvalue weighted by Crippen LogP contribution is 2.34. The fraction of sp³-hybridized carbons (Fsp3) is 0.500. The Morgan fingerprint density at radius 2 is 2.04 bits per heavy atom. The molecule has 1 aromatic heterocycles. The number of likely N-dealkylation sites (tertiary alicyclic amines) is 1. The smallest absolute Gasteiger partial charge is 0.298 e. The van der Waals surface area contributed by atoms with E-state index < -0.39 is 11.7 Å². The fourth-order valence-corrected chi connectivity index (χ4v) is 3.57. The standard InChI is InChI=1S/C18H22F3N3/c1-2-13-10-22-23-17(13)15-7-5-9-24(12-15)11-14-6-3-4-8-16(14)18(19,20)21/h3-4,6,8,10,15H,2,5,7,9,11-12H2,1H3,(H,22,23)/t15-/m0/s1. The van der Waals surface area contributed by atoms with Crippen molar-refractivity contribution >= 4 is 0 Å². The average Bonchev–Trinajstić information content (AvgIpc) is 3.03. The molecule has 0 bridgehead atoms. The van der Waals surface area contributed by atoms with Gasteiger partial charge in [-0.2, -0.15) is 18.3 Å². The molecule has 0 unspecified atom stereocenters. The second kappa shape index (κ2) is 6.97. The van der Waals surface area contributed by atoms with Crippen molar-refractivity contribution in [2.45, 2.75) is 44.8 Å². The Morgan fingerprint density at radius 3 is 2.79 bits per heavy atom. The molecule has 24 heavy (non-hydrogen) atoms. The normalized spacial score (nSPS) is 19.6. The molecule has 2 heterocycles. The van der Waals surface area contributed by atoms with E-state index in [0.29, 0.717) is 18.0 Å². The number of hydrogen-bond donors (Lipinski definition) is 1. The van der Waals surface area contributed by atoms with E-state index in [1.807, 2.05) is 6.20 Å². The maximum absolute atomic E-state index is 13.2. The van der Waals surface area contributed by atoms with Gasteiger partial charge in [-0.05, 0) is 43.0 Å². The summed E-state index contributed by atoms with van der Waals surface area (Å²) in [5.74, 6) is 0.314. The van der Waals surface area contributed by atoms with Crippen molar-refractivity contribution < 1.29 is 13.2 Å². The van der Waals surface area contributed by atoms with E-state index >= 15 is 0 Å². The molecule has 0 radical (unpaired) electrons. The van der Waals surface area contributed by atoms with Crippen molar-refractivity contribution in [3.63, 3.8) is 0 Å². The number of aromatic amines is 1. The van der Waals surface area contributed by atoms with Crippen molar-refractivity contribution in [3.8, 4) is 0 Å². The molecule has 0 spiro atoms. The monoisotopic (exact) mass is 337 g/mol. The lowest BCUT2D eigenvalue weighted by Gasteiger charge is -2.33. The maximum Gasteiger partial charge on any atom is 0.416 e. The van der Waals surface area contributed by atoms with Gasteiger partial charge in [0.15, 0.2) is 0 Å². The highest BCUT2D eigenvalue weighted by Gasteiger charge is 2.34. The van der Waals surface area contributed by atoms with Gasteiger partial charge in [0, 0.05) is 24.7 Å². The summed E-state index contributed by atoms with van der Waals surface area (Å²) >= 11 is 0. The molecule has 3 nitrogen and oxygen atoms in total. The predicted molar refractivity (Wildman–Crippen MR) is 86.7 cm³/mol. The summed E-state index contributed by atoms with van der Waals surface area (Å²) in [6.45, 7) is 4.02. The summed E-state index contributed by atoms with van der Waals surface area (Å²) in [4.78, 5) is 2.12. The number of hydrogen-bond acceptors (Lipinski definition) is 2. The molecule has 2 aromatic rings. The first-order valence-electron chi connectivity index (χ1n) is 8.38. The van der Waals surface area contributed by atoms with Crippen LogP contribution in [0.4, 0.5) is 13.2 Å². The van der Waals surface area contributed by atoms with Crippen LogP contribution in [0, 0.1) is 0 Å². The first kappa shape index (κ1) is 17.0. The molecule has 1 fully saturated rings. The number of rotatable bonds is 4. The lowest BCUT2D eigenvalue weighted by Crippen LogP contribution is -2.34. The Balaban J connectivity index is 1.75. The van der Waals surface area contributed by atoms with Crippen LogP contribution in [-0.4, -0.2) is 28.2 Å². The van der Waals surface area contributed by atoms with Crippen LogP contribution in [0.1, 0.15) is 48.1 Å². The predicted octanol–water partition coefficient (Wildman–Crippen LogP) is 4.37. The summed E-state index contributed by atoms with van der Waals surface area (Å²) < 4.78 is 39.5. The summed E-state index contributed by atoms with van der Waals surface area (Å²) in [7, 11) is 0. The molecule has 1 N–H and O–H groups in total. The number of nitrogens with zero attached hydrogens (tertiary/aromatic N) is 2. The Kier molecular flexibility index (Phi) is 4.94. The Labute approximate surface area is 139 Å². The number of halogens is 3. The lowest BCUT2D eigenvalue weighted by atomic mass is 9.91. The van der Waals surface area contributed by atoms with Gasteiger partial charge in [0.1, 0.15) is 0 Å². The highest BCUT2D eigenvalue weighted by molar-refractivity contribution is 5.30. The topological polar surface area (TPSA) is 31.9 Å². The minimum absolute atomic E-state index is 0.314. The van der Waals surface area contributed by atoms with Gasteiger partial charge in [-0.1, -0.05) is 25.1 Å². The van der Waals surface area contributed by atoms with E-state index in [1.54, 1.807) is 12.1 Å². The largest absolute Gasteiger partial charge is 0.416 e. The number of benzene rings is 1. The van der Waals surface area contributed by atoms with Crippen LogP contribution in [0.2, 0.25) is 0 Å². The van der Waals surface area contributed by atoms with Gasteiger partial charge in [0.05, 0.1) is 11.8 Å². The quantitative estimate of drug-likeness (QED) is 0.898. The zero-order valence-electron chi connectivity index (χ0n) is 13.7. The Morgan fingerprint density at radius 1 is 1.25 bits per heavy atom. The molecular formula is C18H22F3N3. The minimum Gasteiger partial charge on any atom is -0.298 e. The third-order valence-corrected chi connectivity index (χ3v) is 4.76. The van der Waals surface area contributed by atoms with Crippen LogP contribution in [0.25, 0.3) is 0 Å². The van der Waals surface area contributed by atoms with Gasteiger partial charge >= 0.3 is 6.18 Å². The fourth-order valence-electron chi connectivity index (χ4n) is 3.57. The van der Waals surface area contributed by atoms with E-state index in [4.69, 9.17) is 0 Å². The second-order valence-corrected chi connectivity index (χ2v) is 6.39. The zero-order chi connectivity index (χ0) is 17.2. The minimum atomic E-state index is -4.30. The average molecular weight is 337 g/mol. The molecule has 1 aromatic carbocycles. The SMILES string of the molecule is CCc1cn[nH]c1[C@H]1CCCN(Cc2ccccc2C(F)(F)F)C1. The number of alkyl halides is 3. The van der Waals surface area contributed by atoms with Gasteiger partial charge < -0.3 is 0 Å². The molecule has 1 aliphatic heterocycles. The number of aromatic nitrogens is 2. The molecule has 1 saturated heterocycles. The van der Waals surface area contributed by atoms with Crippen molar-refractivity contribution in [3.05, 3.63) is 52.8 Å². The number of aryl methyl sites for hydroxylation is 1. The number of nitrogens with one attached hydrogen (secondary N) is 1. The molecule has 1 atom stereocenters. The maximum atomic E-state index is 13.2. The molecule has 0 amide bonds. The molecular weight excluding hydrogens is 315 g/mol. The molecule has 3 rings (SSSR count). The van der Waals surface area contributed by atoms with Crippen molar-refractivity contribution in [1.29, 1.82) is 0 Å². The lowest BCUT2D eigenvalue weighted by molar-refractivity contribution is -0.138. The first-order chi connectivity index (χ1) is 11.5. The summed E-state index contributed by atoms with van der Waals surface area (Å²) in [5, 5.41) is 7.22. The Hall–Kier alpha value is -1.82. The molecule has 1 aliphatic rings. The van der Waals surface area contributed by atoms with Gasteiger partial charge in [-0.25, -0.2) is 0 Å². The van der Waals surface area contributed by atoms with Gasteiger partial charge in [0.25, 0.3) is 0 Å². The van der Waals surface area contributed by atoms with Crippen LogP contribution >= 0.6 is 0 Å². The van der Waals surface area contributed by atoms with Crippen molar-refractivity contribution in [2.75, 3.05) is 13.1 Å². The van der Waals surface area contributed by atoms with E-state index in [1.165, 1.54) is 17.7 Å². The molecule has 0 aliphatic carbocycles. The summed E-state index contributed by atoms with van der Waals surface area (Å²) in [6, 6.07) is 5.88. The third kappa shape index (κ3) is 3.64. The first-order valence-corrected chi connectivity index (χ1v) is 8.38. The van der Waals surface area contributed by atoms with Crippen LogP contribution in [-0.2, 0) is 19.1 Å². The Bertz CT molecular complexity index is 678. The van der Waals surface area contributed by atoms with Crippen LogP contribution in [0.3, 0.4) is 0 Å². The van der Waals surface area contributed by atoms with Crippen molar-refractivity contribution in [2.24, 2.45) is 0 Å². The van der Waals surface area contributed by atoms with E-state index in [-0.39, 0.29) is 0 Å². The number of H-pyrrole nitrogens is 1. The van der Waals surface area contributed by atoms with Gasteiger partial charge in [0.2, 0.25) is 0 Å². The highest BCUT2D eigenvalue weighted by atomic mass is 19.4. The van der Waals surface area contributed by atoms with Crippen molar-refractivity contribution in [1.82, 2.24) is 15.1 Å². The second-order valence-electron chi connectivity index (χ2n) is 6.39. The van der Waals surface area contributed by atoms with Crippen LogP contribution in [0.5, 0.6) is 0 Å². The molecule has 130 valence electrons. The molecule has 6 heteroatoms.